The first-order valence-corrected chi connectivity index (χ1v) is 10.3. The van der Waals surface area contributed by atoms with Gasteiger partial charge in [0.15, 0.2) is 4.34 Å². The lowest BCUT2D eigenvalue weighted by Gasteiger charge is -2.12. The highest BCUT2D eigenvalue weighted by atomic mass is 32.2. The van der Waals surface area contributed by atoms with Crippen molar-refractivity contribution in [1.82, 2.24) is 10.2 Å². The number of aromatic nitrogens is 2. The maximum Gasteiger partial charge on any atom is 0.234 e. The summed E-state index contributed by atoms with van der Waals surface area (Å²) in [5.74, 6) is 0.905. The van der Waals surface area contributed by atoms with Gasteiger partial charge in [-0.3, -0.25) is 4.79 Å². The Hall–Kier alpha value is -2.78. The average molecular weight is 416 g/mol. The van der Waals surface area contributed by atoms with E-state index in [4.69, 9.17) is 4.74 Å². The van der Waals surface area contributed by atoms with Gasteiger partial charge in [0.05, 0.1) is 18.6 Å². The molecule has 1 amide bonds. The van der Waals surface area contributed by atoms with Gasteiger partial charge in [-0.1, -0.05) is 35.2 Å². The summed E-state index contributed by atoms with van der Waals surface area (Å²) in [6.45, 7) is 0. The molecule has 0 spiro atoms. The van der Waals surface area contributed by atoms with E-state index in [0.717, 1.165) is 27.2 Å². The molecule has 0 unspecified atom stereocenters. The molecule has 28 heavy (non-hydrogen) atoms. The summed E-state index contributed by atoms with van der Waals surface area (Å²) >= 11 is 2.74. The highest BCUT2D eigenvalue weighted by Gasteiger charge is 2.10. The number of amides is 1. The first-order valence-electron chi connectivity index (χ1n) is 8.49. The van der Waals surface area contributed by atoms with Crippen molar-refractivity contribution in [3.05, 3.63) is 48.5 Å². The second-order valence-corrected chi connectivity index (χ2v) is 8.18. The fourth-order valence-electron chi connectivity index (χ4n) is 2.35. The number of benzene rings is 2. The van der Waals surface area contributed by atoms with Crippen LogP contribution in [0.3, 0.4) is 0 Å². The van der Waals surface area contributed by atoms with Crippen LogP contribution in [0.1, 0.15) is 0 Å². The van der Waals surface area contributed by atoms with Gasteiger partial charge in [-0.2, -0.15) is 0 Å². The fourth-order valence-corrected chi connectivity index (χ4v) is 3.91. The van der Waals surface area contributed by atoms with Crippen LogP contribution in [0, 0.1) is 0 Å². The molecule has 0 saturated heterocycles. The van der Waals surface area contributed by atoms with E-state index in [1.807, 2.05) is 67.5 Å². The Morgan fingerprint density at radius 2 is 1.89 bits per heavy atom. The van der Waals surface area contributed by atoms with Crippen LogP contribution in [0.5, 0.6) is 5.75 Å². The lowest BCUT2D eigenvalue weighted by atomic mass is 10.2. The predicted molar refractivity (Wildman–Crippen MR) is 116 cm³/mol. The van der Waals surface area contributed by atoms with Crippen LogP contribution in [0.2, 0.25) is 0 Å². The lowest BCUT2D eigenvalue weighted by Crippen LogP contribution is -2.14. The fraction of sp³-hybridized carbons (Fsp3) is 0.211. The maximum absolute atomic E-state index is 12.2. The zero-order chi connectivity index (χ0) is 19.9. The van der Waals surface area contributed by atoms with E-state index in [0.29, 0.717) is 5.13 Å². The number of nitrogens with one attached hydrogen (secondary N) is 2. The van der Waals surface area contributed by atoms with E-state index >= 15 is 0 Å². The van der Waals surface area contributed by atoms with Crippen LogP contribution < -0.4 is 20.3 Å². The second kappa shape index (κ2) is 9.43. The Bertz CT molecular complexity index is 928. The highest BCUT2D eigenvalue weighted by Crippen LogP contribution is 2.31. The molecule has 0 saturated carbocycles. The van der Waals surface area contributed by atoms with E-state index in [1.165, 1.54) is 23.1 Å². The molecule has 9 heteroatoms. The van der Waals surface area contributed by atoms with Crippen molar-refractivity contribution in [2.45, 2.75) is 4.34 Å². The topological polar surface area (TPSA) is 79.4 Å². The zero-order valence-electron chi connectivity index (χ0n) is 15.8. The molecule has 1 aromatic heterocycles. The minimum atomic E-state index is -0.0861. The largest absolute Gasteiger partial charge is 0.495 e. The number of methoxy groups -OCH3 is 1. The summed E-state index contributed by atoms with van der Waals surface area (Å²) in [6.07, 6.45) is 0. The van der Waals surface area contributed by atoms with Gasteiger partial charge < -0.3 is 20.3 Å². The normalized spacial score (nSPS) is 10.4. The van der Waals surface area contributed by atoms with Crippen LogP contribution >= 0.6 is 23.1 Å². The number of hydrogen-bond donors (Lipinski definition) is 2. The molecule has 0 atom stereocenters. The summed E-state index contributed by atoms with van der Waals surface area (Å²) in [4.78, 5) is 14.2. The van der Waals surface area contributed by atoms with Gasteiger partial charge in [-0.15, -0.1) is 10.2 Å². The van der Waals surface area contributed by atoms with E-state index in [9.17, 15) is 4.79 Å². The summed E-state index contributed by atoms with van der Waals surface area (Å²) in [5.41, 5.74) is 2.67. The molecule has 0 aliphatic rings. The van der Waals surface area contributed by atoms with Crippen molar-refractivity contribution >= 4 is 51.2 Å². The lowest BCUT2D eigenvalue weighted by molar-refractivity contribution is -0.113. The molecule has 0 bridgehead atoms. The monoisotopic (exact) mass is 415 g/mol. The molecule has 146 valence electrons. The Kier molecular flexibility index (Phi) is 6.72. The number of anilines is 4. The van der Waals surface area contributed by atoms with E-state index in [2.05, 4.69) is 20.8 Å². The number of carbonyl (C=O) groups is 1. The number of thioether (sulfide) groups is 1. The van der Waals surface area contributed by atoms with Gasteiger partial charge in [-0.25, -0.2) is 0 Å². The Labute approximate surface area is 172 Å². The zero-order valence-corrected chi connectivity index (χ0v) is 17.4. The van der Waals surface area contributed by atoms with E-state index in [1.54, 1.807) is 7.11 Å². The number of rotatable bonds is 8. The summed E-state index contributed by atoms with van der Waals surface area (Å²) < 4.78 is 6.03. The van der Waals surface area contributed by atoms with Gasteiger partial charge in [0.1, 0.15) is 5.75 Å². The van der Waals surface area contributed by atoms with Crippen molar-refractivity contribution in [2.75, 3.05) is 42.5 Å². The van der Waals surface area contributed by atoms with Gasteiger partial charge in [0.25, 0.3) is 0 Å². The SMILES string of the molecule is COc1ccccc1Nc1nnc(SCC(=O)Nc2ccc(N(C)C)cc2)s1. The first kappa shape index (κ1) is 20.0. The smallest absolute Gasteiger partial charge is 0.234 e. The van der Waals surface area contributed by atoms with Crippen molar-refractivity contribution in [2.24, 2.45) is 0 Å². The number of nitrogens with zero attached hydrogens (tertiary/aromatic N) is 3. The van der Waals surface area contributed by atoms with Crippen molar-refractivity contribution in [3.63, 3.8) is 0 Å². The molecular formula is C19H21N5O2S2. The molecule has 0 radical (unpaired) electrons. The standard InChI is InChI=1S/C19H21N5O2S2/c1-24(2)14-10-8-13(9-11-14)20-17(25)12-27-19-23-22-18(28-19)21-15-6-4-5-7-16(15)26-3/h4-11H,12H2,1-3H3,(H,20,25)(H,21,22). The number of hydrogen-bond acceptors (Lipinski definition) is 8. The summed E-state index contributed by atoms with van der Waals surface area (Å²) in [7, 11) is 5.57. The summed E-state index contributed by atoms with van der Waals surface area (Å²) in [6, 6.07) is 15.3. The van der Waals surface area contributed by atoms with Crippen molar-refractivity contribution in [1.29, 1.82) is 0 Å². The minimum absolute atomic E-state index is 0.0861. The van der Waals surface area contributed by atoms with Crippen LogP contribution in [-0.4, -0.2) is 43.1 Å². The number of carbonyl (C=O) groups excluding carboxylic acids is 1. The van der Waals surface area contributed by atoms with Crippen LogP contribution in [0.15, 0.2) is 52.9 Å². The van der Waals surface area contributed by atoms with Gasteiger partial charge >= 0.3 is 0 Å². The quantitative estimate of drug-likeness (QED) is 0.537. The predicted octanol–water partition coefficient (Wildman–Crippen LogP) is 4.09. The average Bonchev–Trinajstić information content (AvgIpc) is 3.14. The van der Waals surface area contributed by atoms with Crippen LogP contribution in [-0.2, 0) is 4.79 Å². The van der Waals surface area contributed by atoms with Gasteiger partial charge in [0, 0.05) is 25.5 Å². The third-order valence-corrected chi connectivity index (χ3v) is 5.72. The van der Waals surface area contributed by atoms with Gasteiger partial charge in [0.2, 0.25) is 11.0 Å². The molecular weight excluding hydrogens is 394 g/mol. The third kappa shape index (κ3) is 5.37. The van der Waals surface area contributed by atoms with Crippen LogP contribution in [0.4, 0.5) is 22.2 Å². The highest BCUT2D eigenvalue weighted by molar-refractivity contribution is 8.01. The molecule has 1 heterocycles. The molecule has 3 aromatic rings. The molecule has 7 nitrogen and oxygen atoms in total. The summed E-state index contributed by atoms with van der Waals surface area (Å²) in [5, 5.41) is 15.0. The molecule has 0 aliphatic carbocycles. The van der Waals surface area contributed by atoms with E-state index < -0.39 is 0 Å². The maximum atomic E-state index is 12.2. The molecule has 2 N–H and O–H groups in total. The third-order valence-electron chi connectivity index (χ3n) is 3.75. The van der Waals surface area contributed by atoms with Crippen molar-refractivity contribution in [3.8, 4) is 5.75 Å². The molecule has 0 fully saturated rings. The van der Waals surface area contributed by atoms with Crippen molar-refractivity contribution < 1.29 is 9.53 Å². The van der Waals surface area contributed by atoms with Gasteiger partial charge in [-0.05, 0) is 36.4 Å². The molecule has 0 aliphatic heterocycles. The Morgan fingerprint density at radius 1 is 1.14 bits per heavy atom. The second-order valence-electron chi connectivity index (χ2n) is 5.98. The molecule has 2 aromatic carbocycles. The van der Waals surface area contributed by atoms with Crippen LogP contribution in [0.25, 0.3) is 0 Å². The van der Waals surface area contributed by atoms with E-state index in [-0.39, 0.29) is 11.7 Å². The number of para-hydroxylation sites is 2. The Balaban J connectivity index is 1.51. The first-order chi connectivity index (χ1) is 13.5. The Morgan fingerprint density at radius 3 is 2.61 bits per heavy atom. The number of ether oxygens (including phenoxy) is 1. The minimum Gasteiger partial charge on any atom is -0.495 e. The molecule has 3 rings (SSSR count).